The van der Waals surface area contributed by atoms with Crippen molar-refractivity contribution in [2.75, 3.05) is 11.5 Å². The molecule has 1 atom stereocenters. The van der Waals surface area contributed by atoms with Gasteiger partial charge in [-0.25, -0.2) is 0 Å². The number of nitrogens with zero attached hydrogens (tertiary/aromatic N) is 2. The molecule has 0 saturated heterocycles. The molecule has 0 fully saturated rings. The first-order valence-corrected chi connectivity index (χ1v) is 10.6. The SMILES string of the molecule is CC(=N)N1C(=N)[C@H](C)N=C(c2ccc(Cl)cc2)c2c1sc(C#CCCCO)c2C. The first kappa shape index (κ1) is 21.3. The molecule has 7 heteroatoms. The molecule has 0 unspecified atom stereocenters. The molecule has 0 spiro atoms. The zero-order valence-corrected chi connectivity index (χ0v) is 18.2. The maximum atomic E-state index is 8.97. The molecule has 0 bridgehead atoms. The lowest BCUT2D eigenvalue weighted by Crippen LogP contribution is -2.38. The summed E-state index contributed by atoms with van der Waals surface area (Å²) in [5, 5.41) is 27.3. The standard InChI is InChI=1S/C22H23ClN4OS/c1-13-18(7-5-4-6-12-28)29-22-19(13)20(16-8-10-17(23)11-9-16)26-14(2)21(25)27(22)15(3)24/h8-11,14,24-25,28H,4,6,12H2,1-3H3/t14-/m0/s1. The van der Waals surface area contributed by atoms with Crippen LogP contribution in [0, 0.1) is 29.6 Å². The summed E-state index contributed by atoms with van der Waals surface area (Å²) in [5.74, 6) is 6.86. The molecule has 0 saturated carbocycles. The molecule has 0 aliphatic carbocycles. The number of rotatable bonds is 3. The third kappa shape index (κ3) is 4.27. The van der Waals surface area contributed by atoms with Gasteiger partial charge < -0.3 is 5.11 Å². The Morgan fingerprint density at radius 2 is 2.03 bits per heavy atom. The number of nitrogens with one attached hydrogen (secondary N) is 2. The van der Waals surface area contributed by atoms with Crippen LogP contribution in [-0.2, 0) is 0 Å². The van der Waals surface area contributed by atoms with Crippen molar-refractivity contribution in [2.45, 2.75) is 39.7 Å². The van der Waals surface area contributed by atoms with Gasteiger partial charge in [-0.2, -0.15) is 0 Å². The molecule has 1 aromatic heterocycles. The highest BCUT2D eigenvalue weighted by Crippen LogP contribution is 2.40. The van der Waals surface area contributed by atoms with Crippen molar-refractivity contribution in [3.05, 3.63) is 50.9 Å². The van der Waals surface area contributed by atoms with Gasteiger partial charge >= 0.3 is 0 Å². The molecule has 0 radical (unpaired) electrons. The first-order chi connectivity index (χ1) is 13.8. The molecule has 1 aliphatic rings. The molecule has 5 nitrogen and oxygen atoms in total. The first-order valence-electron chi connectivity index (χ1n) is 9.36. The number of aliphatic hydroxyl groups is 1. The Bertz CT molecular complexity index is 1040. The summed E-state index contributed by atoms with van der Waals surface area (Å²) in [7, 11) is 0. The van der Waals surface area contributed by atoms with Gasteiger partial charge in [0.25, 0.3) is 0 Å². The van der Waals surface area contributed by atoms with Crippen molar-refractivity contribution in [2.24, 2.45) is 4.99 Å². The van der Waals surface area contributed by atoms with E-state index < -0.39 is 0 Å². The zero-order chi connectivity index (χ0) is 21.1. The second-order valence-corrected chi connectivity index (χ2v) is 8.27. The molecule has 1 aliphatic heterocycles. The molecule has 2 heterocycles. The molecule has 29 heavy (non-hydrogen) atoms. The van der Waals surface area contributed by atoms with E-state index in [1.54, 1.807) is 11.8 Å². The van der Waals surface area contributed by atoms with E-state index in [0.717, 1.165) is 32.3 Å². The van der Waals surface area contributed by atoms with Gasteiger partial charge in [0.2, 0.25) is 0 Å². The fourth-order valence-corrected chi connectivity index (χ4v) is 4.52. The Hall–Kier alpha value is -2.46. The number of benzene rings is 1. The quantitative estimate of drug-likeness (QED) is 0.283. The zero-order valence-electron chi connectivity index (χ0n) is 16.6. The van der Waals surface area contributed by atoms with Gasteiger partial charge in [-0.3, -0.25) is 20.7 Å². The van der Waals surface area contributed by atoms with Crippen molar-refractivity contribution in [1.29, 1.82) is 10.8 Å². The minimum absolute atomic E-state index is 0.123. The van der Waals surface area contributed by atoms with E-state index in [0.29, 0.717) is 17.9 Å². The molecular formula is C22H23ClN4OS. The van der Waals surface area contributed by atoms with Crippen molar-refractivity contribution < 1.29 is 5.11 Å². The summed E-state index contributed by atoms with van der Waals surface area (Å²) >= 11 is 7.55. The minimum atomic E-state index is -0.390. The van der Waals surface area contributed by atoms with Crippen LogP contribution in [0.2, 0.25) is 5.02 Å². The van der Waals surface area contributed by atoms with Crippen LogP contribution in [0.4, 0.5) is 5.00 Å². The second-order valence-electron chi connectivity index (χ2n) is 6.83. The largest absolute Gasteiger partial charge is 0.396 e. The Kier molecular flexibility index (Phi) is 6.53. The lowest BCUT2D eigenvalue weighted by molar-refractivity contribution is 0.290. The fourth-order valence-electron chi connectivity index (χ4n) is 3.14. The van der Waals surface area contributed by atoms with E-state index in [1.165, 1.54) is 11.3 Å². The van der Waals surface area contributed by atoms with Gasteiger partial charge in [-0.1, -0.05) is 35.6 Å². The van der Waals surface area contributed by atoms with E-state index in [9.17, 15) is 0 Å². The van der Waals surface area contributed by atoms with Crippen molar-refractivity contribution in [3.8, 4) is 11.8 Å². The van der Waals surface area contributed by atoms with Crippen LogP contribution in [0.25, 0.3) is 0 Å². The second kappa shape index (κ2) is 8.91. The number of hydrogen-bond acceptors (Lipinski definition) is 5. The van der Waals surface area contributed by atoms with Crippen molar-refractivity contribution in [1.82, 2.24) is 0 Å². The average molecular weight is 427 g/mol. The monoisotopic (exact) mass is 426 g/mol. The Morgan fingerprint density at radius 1 is 1.34 bits per heavy atom. The number of hydrogen-bond donors (Lipinski definition) is 3. The van der Waals surface area contributed by atoms with Crippen molar-refractivity contribution >= 4 is 45.3 Å². The Morgan fingerprint density at radius 3 is 2.66 bits per heavy atom. The smallest absolute Gasteiger partial charge is 0.132 e. The van der Waals surface area contributed by atoms with E-state index in [4.69, 9.17) is 32.5 Å². The summed E-state index contributed by atoms with van der Waals surface area (Å²) in [6.45, 7) is 5.68. The van der Waals surface area contributed by atoms with Gasteiger partial charge in [-0.15, -0.1) is 11.3 Å². The maximum absolute atomic E-state index is 8.97. The van der Waals surface area contributed by atoms with E-state index in [-0.39, 0.29) is 24.3 Å². The molecule has 1 aromatic carbocycles. The van der Waals surface area contributed by atoms with Crippen molar-refractivity contribution in [3.63, 3.8) is 0 Å². The van der Waals surface area contributed by atoms with E-state index in [1.807, 2.05) is 38.1 Å². The van der Waals surface area contributed by atoms with Gasteiger partial charge in [-0.05, 0) is 44.9 Å². The van der Waals surface area contributed by atoms with Gasteiger partial charge in [0.1, 0.15) is 22.7 Å². The number of unbranched alkanes of at least 4 members (excludes halogenated alkanes) is 1. The predicted octanol–water partition coefficient (Wildman–Crippen LogP) is 4.85. The fraction of sp³-hybridized carbons (Fsp3) is 0.318. The minimum Gasteiger partial charge on any atom is -0.396 e. The number of fused-ring (bicyclic) bond motifs is 1. The van der Waals surface area contributed by atoms with Crippen LogP contribution in [0.15, 0.2) is 29.3 Å². The predicted molar refractivity (Wildman–Crippen MR) is 122 cm³/mol. The molecule has 0 amide bonds. The van der Waals surface area contributed by atoms with Gasteiger partial charge in [0.15, 0.2) is 0 Å². The number of thiophene rings is 1. The van der Waals surface area contributed by atoms with Gasteiger partial charge in [0, 0.05) is 29.2 Å². The molecule has 3 rings (SSSR count). The maximum Gasteiger partial charge on any atom is 0.132 e. The number of aliphatic hydroxyl groups excluding tert-OH is 1. The molecule has 3 N–H and O–H groups in total. The van der Waals surface area contributed by atoms with Crippen LogP contribution in [0.3, 0.4) is 0 Å². The summed E-state index contributed by atoms with van der Waals surface area (Å²) in [4.78, 5) is 7.40. The molecule has 2 aromatic rings. The summed E-state index contributed by atoms with van der Waals surface area (Å²) < 4.78 is 0. The van der Waals surface area contributed by atoms with E-state index in [2.05, 4.69) is 11.8 Å². The number of amidine groups is 2. The summed E-state index contributed by atoms with van der Waals surface area (Å²) in [6.07, 6.45) is 1.26. The highest BCUT2D eigenvalue weighted by Gasteiger charge is 2.32. The average Bonchev–Trinajstić information content (AvgIpc) is 2.93. The lowest BCUT2D eigenvalue weighted by atomic mass is 9.99. The summed E-state index contributed by atoms with van der Waals surface area (Å²) in [5.41, 5.74) is 3.60. The molecular weight excluding hydrogens is 404 g/mol. The van der Waals surface area contributed by atoms with Crippen LogP contribution in [0.1, 0.15) is 48.3 Å². The number of halogens is 1. The van der Waals surface area contributed by atoms with E-state index >= 15 is 0 Å². The van der Waals surface area contributed by atoms with Crippen LogP contribution < -0.4 is 4.90 Å². The Balaban J connectivity index is 2.23. The third-order valence-electron chi connectivity index (χ3n) is 4.64. The topological polar surface area (TPSA) is 83.5 Å². The highest BCUT2D eigenvalue weighted by molar-refractivity contribution is 7.17. The summed E-state index contributed by atoms with van der Waals surface area (Å²) in [6, 6.07) is 7.13. The van der Waals surface area contributed by atoms with Gasteiger partial charge in [0.05, 0.1) is 10.6 Å². The lowest BCUT2D eigenvalue weighted by Gasteiger charge is -2.23. The van der Waals surface area contributed by atoms with Crippen LogP contribution in [-0.4, -0.2) is 35.1 Å². The van der Waals surface area contributed by atoms with Crippen LogP contribution in [0.5, 0.6) is 0 Å². The number of anilines is 1. The third-order valence-corrected chi connectivity index (χ3v) is 6.09. The molecule has 150 valence electrons. The number of aliphatic imine (C=N–C) groups is 1. The Labute approximate surface area is 180 Å². The normalized spacial score (nSPS) is 15.9. The van der Waals surface area contributed by atoms with Crippen LogP contribution >= 0.6 is 22.9 Å². The highest BCUT2D eigenvalue weighted by atomic mass is 35.5.